The molecular weight excluding hydrogens is 829 g/mol. The first-order chi connectivity index (χ1) is 23.2. The van der Waals surface area contributed by atoms with Crippen molar-refractivity contribution < 1.29 is 49.8 Å². The summed E-state index contributed by atoms with van der Waals surface area (Å²) < 4.78 is 58.2. The van der Waals surface area contributed by atoms with E-state index in [-0.39, 0.29) is 33.5 Å². The van der Waals surface area contributed by atoms with Crippen LogP contribution < -0.4 is 4.74 Å². The van der Waals surface area contributed by atoms with Crippen molar-refractivity contribution in [1.82, 2.24) is 13.9 Å². The number of hydrogen-bond donors (Lipinski definition) is 0. The zero-order valence-electron chi connectivity index (χ0n) is 26.9. The number of imidazole rings is 1. The first-order valence-corrected chi connectivity index (χ1v) is 19.1. The summed E-state index contributed by atoms with van der Waals surface area (Å²) in [7, 11) is -4.61. The number of nitrogens with zero attached hydrogens (tertiary/aromatic N) is 3. The van der Waals surface area contributed by atoms with Crippen LogP contribution in [0, 0.1) is 26.8 Å². The number of para-hydroxylation sites is 2. The number of esters is 1. The molecule has 5 rings (SSSR count). The molecule has 1 unspecified atom stereocenters. The number of carbonyl (C=O) groups excluding carboxylic acids is 1. The molecule has 0 amide bonds. The number of hydrogen-bond acceptors (Lipinski definition) is 9. The van der Waals surface area contributed by atoms with Crippen molar-refractivity contribution in [2.24, 2.45) is 0 Å². The number of methoxy groups -OCH3 is 1. The molecule has 2 aromatic heterocycles. The van der Waals surface area contributed by atoms with Gasteiger partial charge in [0.1, 0.15) is 5.75 Å². The first-order valence-electron chi connectivity index (χ1n) is 14.6. The van der Waals surface area contributed by atoms with Gasteiger partial charge in [0.05, 0.1) is 50.3 Å². The number of aryl methyl sites for hydroxylation is 1. The summed E-state index contributed by atoms with van der Waals surface area (Å²) in [5.74, 6) is -0.192. The molecule has 5 aromatic rings. The van der Waals surface area contributed by atoms with E-state index >= 15 is 0 Å². The Morgan fingerprint density at radius 1 is 1.04 bits per heavy atom. The van der Waals surface area contributed by atoms with Crippen molar-refractivity contribution in [2.75, 3.05) is 26.9 Å². The summed E-state index contributed by atoms with van der Waals surface area (Å²) in [5.41, 5.74) is 3.15. The van der Waals surface area contributed by atoms with Crippen molar-refractivity contribution in [3.8, 4) is 5.75 Å². The standard InChI is InChI=1S/C27H28N3O7S2.C7H7.CH2.Os/c1-4-36-26(31)20-9-7-10-21(17-20)39(33,34)30-24-12-6-5-11-22(24)29-27(30)38(32)18-23-19(2)25(13-14-28-23)37-16-8-15-35-3;1-7-5-3-2-4-6-7;;/h5-7,9-14,17H,1,4,8,15-16,18H2,2-3H3;3-6H,1H3;1H2;/q2*-1;;. The van der Waals surface area contributed by atoms with Gasteiger partial charge in [-0.1, -0.05) is 25.1 Å². The summed E-state index contributed by atoms with van der Waals surface area (Å²) in [6, 6.07) is 24.6. The average Bonchev–Trinajstić information content (AvgIpc) is 3.51. The number of carbonyl (C=O) groups is 1. The average molecular weight is 866 g/mol. The zero-order valence-corrected chi connectivity index (χ0v) is 31.1. The Morgan fingerprint density at radius 3 is 2.44 bits per heavy atom. The van der Waals surface area contributed by atoms with Gasteiger partial charge < -0.3 is 21.1 Å². The molecule has 48 heavy (non-hydrogen) atoms. The number of rotatable bonds is 12. The monoisotopic (exact) mass is 867 g/mol. The Morgan fingerprint density at radius 2 is 1.77 bits per heavy atom. The molecule has 0 aliphatic rings. The number of pyridine rings is 1. The summed E-state index contributed by atoms with van der Waals surface area (Å²) >= 11 is 1.61. The Labute approximate surface area is 294 Å². The molecule has 0 radical (unpaired) electrons. The third-order valence-corrected chi connectivity index (χ3v) is 9.73. The Balaban J connectivity index is 0.000000607. The third-order valence-electron chi connectivity index (χ3n) is 6.70. The third kappa shape index (κ3) is 10.1. The van der Waals surface area contributed by atoms with Crippen molar-refractivity contribution in [1.29, 1.82) is 0 Å². The van der Waals surface area contributed by atoms with E-state index in [0.717, 1.165) is 3.97 Å². The van der Waals surface area contributed by atoms with Crippen LogP contribution in [-0.4, -0.2) is 64.5 Å². The Bertz CT molecular complexity index is 1930. The second kappa shape index (κ2) is 19.2. The van der Waals surface area contributed by atoms with E-state index in [1.165, 1.54) is 29.8 Å². The van der Waals surface area contributed by atoms with E-state index in [1.807, 2.05) is 24.3 Å². The van der Waals surface area contributed by atoms with Crippen molar-refractivity contribution in [3.05, 3.63) is 120 Å². The maximum absolute atomic E-state index is 13.9. The quantitative estimate of drug-likeness (QED) is 0.0915. The molecule has 0 saturated heterocycles. The molecule has 3 aromatic carbocycles. The molecule has 0 bridgehead atoms. The minimum absolute atomic E-state index is 0.0500. The van der Waals surface area contributed by atoms with E-state index in [1.54, 1.807) is 68.7 Å². The Hall–Kier alpha value is -3.88. The Kier molecular flexibility index (Phi) is 15.4. The van der Waals surface area contributed by atoms with Gasteiger partial charge in [-0.3, -0.25) is 9.19 Å². The molecule has 0 spiro atoms. The van der Waals surface area contributed by atoms with Crippen molar-refractivity contribution >= 4 is 42.9 Å². The fraction of sp³-hybridized carbons (Fsp3) is 0.229. The van der Waals surface area contributed by atoms with Crippen LogP contribution in [-0.2, 0) is 54.2 Å². The molecule has 0 N–H and O–H groups in total. The van der Waals surface area contributed by atoms with Crippen LogP contribution in [0.3, 0.4) is 0 Å². The molecule has 0 fully saturated rings. The second-order valence-electron chi connectivity index (χ2n) is 9.96. The summed E-state index contributed by atoms with van der Waals surface area (Å²) in [6.45, 7) is 8.24. The number of aromatic nitrogens is 3. The van der Waals surface area contributed by atoms with Crippen LogP contribution in [0.1, 0.15) is 33.6 Å². The van der Waals surface area contributed by atoms with Gasteiger partial charge in [0.15, 0.2) is 0 Å². The van der Waals surface area contributed by atoms with Crippen molar-refractivity contribution in [3.63, 3.8) is 0 Å². The van der Waals surface area contributed by atoms with E-state index in [2.05, 4.69) is 35.0 Å². The SMILES string of the molecule is Cc1cc[c-]cc1.[CH2-]COC(=O)c1cccc(S(=O)(=O)n2c(S(=O)Cc3nccc(OCCCOC)c3C)nc3ccccc32)c1.[CH2]=[Os]. The number of benzene rings is 3. The van der Waals surface area contributed by atoms with Gasteiger partial charge in [-0.05, 0) is 49.9 Å². The van der Waals surface area contributed by atoms with E-state index in [4.69, 9.17) is 14.2 Å². The fourth-order valence-corrected chi connectivity index (χ4v) is 7.42. The van der Waals surface area contributed by atoms with Gasteiger partial charge >= 0.3 is 29.2 Å². The molecule has 256 valence electrons. The molecule has 0 saturated carbocycles. The van der Waals surface area contributed by atoms with E-state index in [0.29, 0.717) is 42.2 Å². The summed E-state index contributed by atoms with van der Waals surface area (Å²) in [5, 5.41) is 3.12. The van der Waals surface area contributed by atoms with Gasteiger partial charge in [-0.15, -0.1) is 0 Å². The number of ether oxygens (including phenoxy) is 3. The number of fused-ring (bicyclic) bond motifs is 1. The fourth-order valence-electron chi connectivity index (χ4n) is 4.33. The summed E-state index contributed by atoms with van der Waals surface area (Å²) in [6.07, 6.45) is 2.26. The zero-order chi connectivity index (χ0) is 35.1. The van der Waals surface area contributed by atoms with Gasteiger partial charge in [-0.2, -0.15) is 35.9 Å². The topological polar surface area (TPSA) is 127 Å². The van der Waals surface area contributed by atoms with Crippen LogP contribution in [0.2, 0.25) is 0 Å². The van der Waals surface area contributed by atoms with Gasteiger partial charge in [-0.25, -0.2) is 22.2 Å². The molecule has 2 heterocycles. The van der Waals surface area contributed by atoms with Gasteiger partial charge in [0.2, 0.25) is 5.16 Å². The van der Waals surface area contributed by atoms with Crippen LogP contribution in [0.5, 0.6) is 5.75 Å². The van der Waals surface area contributed by atoms with Crippen LogP contribution in [0.15, 0.2) is 95.1 Å². The van der Waals surface area contributed by atoms with Crippen LogP contribution >= 0.6 is 0 Å². The molecule has 13 heteroatoms. The van der Waals surface area contributed by atoms with Crippen LogP contribution in [0.25, 0.3) is 11.0 Å². The molecule has 0 aliphatic heterocycles. The molecule has 1 atom stereocenters. The predicted octanol–water partition coefficient (Wildman–Crippen LogP) is 5.45. The predicted molar refractivity (Wildman–Crippen MR) is 183 cm³/mol. The summed E-state index contributed by atoms with van der Waals surface area (Å²) in [4.78, 5) is 20.8. The molecule has 10 nitrogen and oxygen atoms in total. The van der Waals surface area contributed by atoms with Crippen LogP contribution in [0.4, 0.5) is 0 Å². The van der Waals surface area contributed by atoms with E-state index < -0.39 is 26.8 Å². The second-order valence-corrected chi connectivity index (χ2v) is 13.1. The van der Waals surface area contributed by atoms with Crippen molar-refractivity contribution in [2.45, 2.75) is 36.1 Å². The molecule has 0 aliphatic carbocycles. The normalized spacial score (nSPS) is 11.4. The maximum atomic E-state index is 13.9. The minimum atomic E-state index is -4.32. The van der Waals surface area contributed by atoms with Gasteiger partial charge in [0.25, 0.3) is 10.0 Å². The van der Waals surface area contributed by atoms with E-state index in [9.17, 15) is 17.4 Å². The van der Waals surface area contributed by atoms with Gasteiger partial charge in [0, 0.05) is 31.9 Å². The first kappa shape index (κ1) is 38.6. The molecular formula is C35H37N3O7OsS2-2.